The summed E-state index contributed by atoms with van der Waals surface area (Å²) in [5.74, 6) is -1.42. The molecule has 0 saturated carbocycles. The standard InChI is InChI=1S/C13H15NO5S2/c1-2-6-14(9-5-7-21(18,19)8-9)12(15)10-3-4-11(20-10)13(16)17/h2-4,9H,1,5-8H2,(H,16,17). The first-order chi connectivity index (χ1) is 9.84. The summed E-state index contributed by atoms with van der Waals surface area (Å²) in [6, 6.07) is 2.45. The zero-order valence-corrected chi connectivity index (χ0v) is 12.8. The molecule has 1 fully saturated rings. The van der Waals surface area contributed by atoms with Crippen LogP contribution in [0.15, 0.2) is 24.8 Å². The van der Waals surface area contributed by atoms with Crippen LogP contribution in [0.25, 0.3) is 0 Å². The fourth-order valence-electron chi connectivity index (χ4n) is 2.27. The second-order valence-corrected chi connectivity index (χ2v) is 8.08. The number of hydrogen-bond acceptors (Lipinski definition) is 5. The van der Waals surface area contributed by atoms with Crippen LogP contribution in [0.3, 0.4) is 0 Å². The van der Waals surface area contributed by atoms with E-state index < -0.39 is 15.8 Å². The Labute approximate surface area is 126 Å². The van der Waals surface area contributed by atoms with Crippen molar-refractivity contribution < 1.29 is 23.1 Å². The highest BCUT2D eigenvalue weighted by Crippen LogP contribution is 2.23. The van der Waals surface area contributed by atoms with Gasteiger partial charge < -0.3 is 10.0 Å². The monoisotopic (exact) mass is 329 g/mol. The molecule has 6 nitrogen and oxygen atoms in total. The lowest BCUT2D eigenvalue weighted by Crippen LogP contribution is -2.40. The highest BCUT2D eigenvalue weighted by atomic mass is 32.2. The van der Waals surface area contributed by atoms with Gasteiger partial charge in [0.15, 0.2) is 9.84 Å². The summed E-state index contributed by atoms with van der Waals surface area (Å²) in [5, 5.41) is 8.89. The Kier molecular flexibility index (Phi) is 4.48. The lowest BCUT2D eigenvalue weighted by atomic mass is 10.2. The predicted octanol–water partition coefficient (Wildman–Crippen LogP) is 1.26. The molecule has 0 aromatic carbocycles. The summed E-state index contributed by atoms with van der Waals surface area (Å²) in [6.45, 7) is 3.82. The van der Waals surface area contributed by atoms with Gasteiger partial charge in [0.1, 0.15) is 4.88 Å². The average molecular weight is 329 g/mol. The fourth-order valence-corrected chi connectivity index (χ4v) is 4.80. The first kappa shape index (κ1) is 15.7. The van der Waals surface area contributed by atoms with Crippen LogP contribution >= 0.6 is 11.3 Å². The van der Waals surface area contributed by atoms with Crippen LogP contribution in [-0.2, 0) is 9.84 Å². The van der Waals surface area contributed by atoms with E-state index in [4.69, 9.17) is 5.11 Å². The van der Waals surface area contributed by atoms with Crippen molar-refractivity contribution in [3.05, 3.63) is 34.5 Å². The Morgan fingerprint density at radius 1 is 1.43 bits per heavy atom. The Balaban J connectivity index is 2.23. The summed E-state index contributed by atoms with van der Waals surface area (Å²) in [7, 11) is -3.10. The molecule has 1 aromatic heterocycles. The average Bonchev–Trinajstić information content (AvgIpc) is 3.01. The number of rotatable bonds is 5. The molecule has 114 valence electrons. The van der Waals surface area contributed by atoms with Gasteiger partial charge in [0.2, 0.25) is 0 Å². The second-order valence-electron chi connectivity index (χ2n) is 4.77. The summed E-state index contributed by atoms with van der Waals surface area (Å²) < 4.78 is 23.1. The van der Waals surface area contributed by atoms with Crippen molar-refractivity contribution in [2.75, 3.05) is 18.1 Å². The van der Waals surface area contributed by atoms with Crippen LogP contribution in [0.4, 0.5) is 0 Å². The highest BCUT2D eigenvalue weighted by molar-refractivity contribution is 7.91. The van der Waals surface area contributed by atoms with E-state index in [0.29, 0.717) is 11.3 Å². The molecule has 0 aliphatic carbocycles. The second kappa shape index (κ2) is 5.98. The van der Waals surface area contributed by atoms with Crippen molar-refractivity contribution in [3.63, 3.8) is 0 Å². The molecule has 1 unspecified atom stereocenters. The van der Waals surface area contributed by atoms with Gasteiger partial charge in [-0.15, -0.1) is 17.9 Å². The van der Waals surface area contributed by atoms with Gasteiger partial charge in [-0.1, -0.05) is 6.08 Å². The zero-order chi connectivity index (χ0) is 15.6. The molecule has 1 N–H and O–H groups in total. The third-order valence-electron chi connectivity index (χ3n) is 3.26. The number of carbonyl (C=O) groups is 2. The Morgan fingerprint density at radius 2 is 2.10 bits per heavy atom. The number of nitrogens with zero attached hydrogens (tertiary/aromatic N) is 1. The third-order valence-corrected chi connectivity index (χ3v) is 6.07. The minimum absolute atomic E-state index is 0.0518. The molecular formula is C13H15NO5S2. The maximum atomic E-state index is 12.5. The Hall–Kier alpha value is -1.67. The lowest BCUT2D eigenvalue weighted by Gasteiger charge is -2.26. The number of thiophene rings is 1. The van der Waals surface area contributed by atoms with Crippen LogP contribution in [0.1, 0.15) is 25.8 Å². The van der Waals surface area contributed by atoms with Crippen LogP contribution < -0.4 is 0 Å². The van der Waals surface area contributed by atoms with Gasteiger partial charge in [-0.25, -0.2) is 13.2 Å². The normalized spacial score (nSPS) is 20.1. The molecule has 0 bridgehead atoms. The minimum Gasteiger partial charge on any atom is -0.477 e. The van der Waals surface area contributed by atoms with Crippen LogP contribution in [-0.4, -0.2) is 54.4 Å². The van der Waals surface area contributed by atoms with Crippen LogP contribution in [0, 0.1) is 0 Å². The van der Waals surface area contributed by atoms with E-state index in [0.717, 1.165) is 11.3 Å². The van der Waals surface area contributed by atoms with E-state index >= 15 is 0 Å². The molecule has 21 heavy (non-hydrogen) atoms. The smallest absolute Gasteiger partial charge is 0.345 e. The van der Waals surface area contributed by atoms with Crippen molar-refractivity contribution in [2.45, 2.75) is 12.5 Å². The van der Waals surface area contributed by atoms with E-state index in [9.17, 15) is 18.0 Å². The van der Waals surface area contributed by atoms with Crippen molar-refractivity contribution in [2.24, 2.45) is 0 Å². The number of carboxylic acid groups (broad SMARTS) is 1. The summed E-state index contributed by atoms with van der Waals surface area (Å²) in [4.78, 5) is 25.2. The molecule has 8 heteroatoms. The topological polar surface area (TPSA) is 91.8 Å². The largest absolute Gasteiger partial charge is 0.477 e. The van der Waals surface area contributed by atoms with Crippen molar-refractivity contribution in [1.82, 2.24) is 4.90 Å². The van der Waals surface area contributed by atoms with E-state index in [1.54, 1.807) is 0 Å². The number of aromatic carboxylic acids is 1. The minimum atomic E-state index is -3.10. The molecule has 1 atom stereocenters. The van der Waals surface area contributed by atoms with Crippen LogP contribution in [0.2, 0.25) is 0 Å². The summed E-state index contributed by atoms with van der Waals surface area (Å²) in [5.41, 5.74) is 0. The summed E-state index contributed by atoms with van der Waals surface area (Å²) in [6.07, 6.45) is 1.94. The predicted molar refractivity (Wildman–Crippen MR) is 79.6 cm³/mol. The van der Waals surface area contributed by atoms with Gasteiger partial charge in [-0.05, 0) is 18.6 Å². The number of amides is 1. The van der Waals surface area contributed by atoms with Crippen molar-refractivity contribution in [3.8, 4) is 0 Å². The first-order valence-corrected chi connectivity index (χ1v) is 8.93. The lowest BCUT2D eigenvalue weighted by molar-refractivity contribution is 0.0700. The van der Waals surface area contributed by atoms with Gasteiger partial charge in [-0.3, -0.25) is 4.79 Å². The summed E-state index contributed by atoms with van der Waals surface area (Å²) >= 11 is 0.887. The molecule has 1 aliphatic rings. The van der Waals surface area contributed by atoms with E-state index in [1.165, 1.54) is 23.1 Å². The van der Waals surface area contributed by atoms with Gasteiger partial charge >= 0.3 is 5.97 Å². The van der Waals surface area contributed by atoms with E-state index in [2.05, 4.69) is 6.58 Å². The molecular weight excluding hydrogens is 314 g/mol. The van der Waals surface area contributed by atoms with Crippen LogP contribution in [0.5, 0.6) is 0 Å². The van der Waals surface area contributed by atoms with Gasteiger partial charge in [0, 0.05) is 12.6 Å². The van der Waals surface area contributed by atoms with Crippen molar-refractivity contribution in [1.29, 1.82) is 0 Å². The van der Waals surface area contributed by atoms with Crippen molar-refractivity contribution >= 4 is 33.1 Å². The molecule has 2 heterocycles. The third kappa shape index (κ3) is 3.51. The fraction of sp³-hybridized carbons (Fsp3) is 0.385. The molecule has 2 rings (SSSR count). The van der Waals surface area contributed by atoms with E-state index in [1.807, 2.05) is 0 Å². The first-order valence-electron chi connectivity index (χ1n) is 6.29. The zero-order valence-electron chi connectivity index (χ0n) is 11.2. The number of carboxylic acids is 1. The number of hydrogen-bond donors (Lipinski definition) is 1. The SMILES string of the molecule is C=CCN(C(=O)c1ccc(C(=O)O)s1)C1CCS(=O)(=O)C1. The van der Waals surface area contributed by atoms with E-state index in [-0.39, 0.29) is 34.9 Å². The quantitative estimate of drug-likeness (QED) is 0.821. The molecule has 1 amide bonds. The molecule has 0 spiro atoms. The number of sulfone groups is 1. The molecule has 1 aromatic rings. The highest BCUT2D eigenvalue weighted by Gasteiger charge is 2.34. The Bertz CT molecular complexity index is 676. The molecule has 1 saturated heterocycles. The number of carbonyl (C=O) groups excluding carboxylic acids is 1. The van der Waals surface area contributed by atoms with Gasteiger partial charge in [0.25, 0.3) is 5.91 Å². The molecule has 1 aliphatic heterocycles. The maximum Gasteiger partial charge on any atom is 0.345 e. The van der Waals surface area contributed by atoms with Gasteiger partial charge in [0.05, 0.1) is 16.4 Å². The van der Waals surface area contributed by atoms with Gasteiger partial charge in [-0.2, -0.15) is 0 Å². The molecule has 0 radical (unpaired) electrons. The maximum absolute atomic E-state index is 12.5. The Morgan fingerprint density at radius 3 is 2.57 bits per heavy atom.